The zero-order chi connectivity index (χ0) is 23.7. The highest BCUT2D eigenvalue weighted by molar-refractivity contribution is 6.06. The van der Waals surface area contributed by atoms with Gasteiger partial charge in [-0.3, -0.25) is 9.78 Å². The summed E-state index contributed by atoms with van der Waals surface area (Å²) in [5, 5.41) is 11.1. The monoisotopic (exact) mass is 452 g/mol. The van der Waals surface area contributed by atoms with Gasteiger partial charge in [-0.15, -0.1) is 5.10 Å². The summed E-state index contributed by atoms with van der Waals surface area (Å²) in [6.45, 7) is 3.90. The van der Waals surface area contributed by atoms with E-state index in [0.29, 0.717) is 34.5 Å². The first-order valence-electron chi connectivity index (χ1n) is 10.9. The molecule has 2 aromatic carbocycles. The molecule has 0 fully saturated rings. The molecule has 170 valence electrons. The number of allylic oxidation sites excluding steroid dienone is 1. The van der Waals surface area contributed by atoms with Gasteiger partial charge in [0.05, 0.1) is 18.4 Å². The van der Waals surface area contributed by atoms with Crippen LogP contribution in [0.2, 0.25) is 0 Å². The molecule has 1 aliphatic heterocycles. The van der Waals surface area contributed by atoms with Crippen molar-refractivity contribution in [3.8, 4) is 17.1 Å². The molecule has 4 aromatic rings. The van der Waals surface area contributed by atoms with Gasteiger partial charge < -0.3 is 15.4 Å². The summed E-state index contributed by atoms with van der Waals surface area (Å²) in [6, 6.07) is 18.6. The summed E-state index contributed by atoms with van der Waals surface area (Å²) in [6.07, 6.45) is 3.42. The molecule has 1 unspecified atom stereocenters. The second-order valence-electron chi connectivity index (χ2n) is 8.07. The predicted octanol–water partition coefficient (Wildman–Crippen LogP) is 4.58. The van der Waals surface area contributed by atoms with Crippen molar-refractivity contribution in [3.63, 3.8) is 0 Å². The molecule has 34 heavy (non-hydrogen) atoms. The quantitative estimate of drug-likeness (QED) is 0.460. The minimum atomic E-state index is -0.486. The summed E-state index contributed by atoms with van der Waals surface area (Å²) in [4.78, 5) is 22.5. The van der Waals surface area contributed by atoms with Gasteiger partial charge in [-0.2, -0.15) is 4.98 Å². The number of hydrogen-bond acceptors (Lipinski definition) is 6. The number of para-hydroxylation sites is 2. The lowest BCUT2D eigenvalue weighted by atomic mass is 9.96. The van der Waals surface area contributed by atoms with Crippen LogP contribution in [0.25, 0.3) is 11.4 Å². The van der Waals surface area contributed by atoms with E-state index >= 15 is 0 Å². The molecule has 0 saturated carbocycles. The molecule has 0 radical (unpaired) electrons. The lowest BCUT2D eigenvalue weighted by Gasteiger charge is -2.28. The molecule has 1 amide bonds. The number of methoxy groups -OCH3 is 1. The number of aromatic nitrogens is 4. The Bertz CT molecular complexity index is 1390. The Labute approximate surface area is 197 Å². The summed E-state index contributed by atoms with van der Waals surface area (Å²) in [5.41, 5.74) is 4.73. The van der Waals surface area contributed by atoms with Gasteiger partial charge in [0.25, 0.3) is 5.91 Å². The molecule has 2 aromatic heterocycles. The van der Waals surface area contributed by atoms with Crippen LogP contribution >= 0.6 is 0 Å². The predicted molar refractivity (Wildman–Crippen MR) is 131 cm³/mol. The second-order valence-corrected chi connectivity index (χ2v) is 8.07. The third kappa shape index (κ3) is 3.90. The van der Waals surface area contributed by atoms with Crippen LogP contribution in [0.4, 0.5) is 11.6 Å². The number of rotatable bonds is 5. The average Bonchev–Trinajstić information content (AvgIpc) is 3.27. The third-order valence-corrected chi connectivity index (χ3v) is 5.75. The number of benzene rings is 2. The van der Waals surface area contributed by atoms with Crippen molar-refractivity contribution in [3.05, 3.63) is 95.5 Å². The molecule has 0 bridgehead atoms. The molecule has 0 aliphatic carbocycles. The first-order valence-corrected chi connectivity index (χ1v) is 10.9. The number of pyridine rings is 1. The molecule has 0 saturated heterocycles. The van der Waals surface area contributed by atoms with Gasteiger partial charge in [-0.25, -0.2) is 4.68 Å². The van der Waals surface area contributed by atoms with Gasteiger partial charge in [-0.05, 0) is 49.7 Å². The first kappa shape index (κ1) is 21.4. The molecule has 8 nitrogen and oxygen atoms in total. The summed E-state index contributed by atoms with van der Waals surface area (Å²) in [5.74, 6) is 1.49. The van der Waals surface area contributed by atoms with Gasteiger partial charge in [0.1, 0.15) is 11.8 Å². The largest absolute Gasteiger partial charge is 0.495 e. The van der Waals surface area contributed by atoms with Crippen molar-refractivity contribution >= 4 is 17.5 Å². The van der Waals surface area contributed by atoms with E-state index in [1.54, 1.807) is 36.3 Å². The van der Waals surface area contributed by atoms with Crippen molar-refractivity contribution in [2.24, 2.45) is 0 Å². The van der Waals surface area contributed by atoms with Gasteiger partial charge in [0, 0.05) is 23.7 Å². The van der Waals surface area contributed by atoms with Crippen molar-refractivity contribution in [1.29, 1.82) is 0 Å². The molecule has 1 aliphatic rings. The Kier molecular flexibility index (Phi) is 5.55. The molecule has 8 heteroatoms. The van der Waals surface area contributed by atoms with Crippen LogP contribution in [-0.4, -0.2) is 32.8 Å². The molecule has 2 N–H and O–H groups in total. The van der Waals surface area contributed by atoms with E-state index in [1.807, 2.05) is 62.4 Å². The average molecular weight is 453 g/mol. The molecule has 1 atom stereocenters. The number of amides is 1. The summed E-state index contributed by atoms with van der Waals surface area (Å²) < 4.78 is 7.17. The number of nitrogens with zero attached hydrogens (tertiary/aromatic N) is 4. The van der Waals surface area contributed by atoms with E-state index in [4.69, 9.17) is 14.8 Å². The number of aryl methyl sites for hydroxylation is 1. The normalized spacial score (nSPS) is 14.9. The maximum atomic E-state index is 13.6. The third-order valence-electron chi connectivity index (χ3n) is 5.75. The maximum absolute atomic E-state index is 13.6. The molecule has 3 heterocycles. The van der Waals surface area contributed by atoms with Crippen LogP contribution in [-0.2, 0) is 4.79 Å². The fourth-order valence-corrected chi connectivity index (χ4v) is 4.14. The summed E-state index contributed by atoms with van der Waals surface area (Å²) >= 11 is 0. The highest BCUT2D eigenvalue weighted by Gasteiger charge is 2.34. The van der Waals surface area contributed by atoms with Crippen LogP contribution < -0.4 is 15.4 Å². The smallest absolute Gasteiger partial charge is 0.255 e. The second kappa shape index (κ2) is 8.82. The Morgan fingerprint density at radius 3 is 2.62 bits per heavy atom. The van der Waals surface area contributed by atoms with Gasteiger partial charge in [0.15, 0.2) is 5.82 Å². The number of anilines is 2. The van der Waals surface area contributed by atoms with Gasteiger partial charge in [0.2, 0.25) is 5.95 Å². The number of hydrogen-bond donors (Lipinski definition) is 2. The highest BCUT2D eigenvalue weighted by Crippen LogP contribution is 2.37. The van der Waals surface area contributed by atoms with E-state index < -0.39 is 6.04 Å². The zero-order valence-corrected chi connectivity index (χ0v) is 19.1. The zero-order valence-electron chi connectivity index (χ0n) is 19.1. The Morgan fingerprint density at radius 1 is 1.06 bits per heavy atom. The molecular formula is C26H24N6O2. The van der Waals surface area contributed by atoms with E-state index in [1.165, 1.54) is 0 Å². The van der Waals surface area contributed by atoms with Crippen molar-refractivity contribution in [2.45, 2.75) is 19.9 Å². The highest BCUT2D eigenvalue weighted by atomic mass is 16.5. The number of nitrogens with one attached hydrogen (secondary N) is 2. The van der Waals surface area contributed by atoms with Gasteiger partial charge >= 0.3 is 0 Å². The Balaban J connectivity index is 1.59. The van der Waals surface area contributed by atoms with Crippen LogP contribution in [0, 0.1) is 6.92 Å². The van der Waals surface area contributed by atoms with E-state index in [-0.39, 0.29) is 5.91 Å². The van der Waals surface area contributed by atoms with Crippen LogP contribution in [0.15, 0.2) is 84.3 Å². The first-order chi connectivity index (χ1) is 16.5. The fraction of sp³-hybridized carbons (Fsp3) is 0.154. The minimum Gasteiger partial charge on any atom is -0.495 e. The van der Waals surface area contributed by atoms with Crippen LogP contribution in [0.1, 0.15) is 24.1 Å². The topological polar surface area (TPSA) is 94.0 Å². The number of fused-ring (bicyclic) bond motifs is 1. The van der Waals surface area contributed by atoms with Crippen LogP contribution in [0.3, 0.4) is 0 Å². The maximum Gasteiger partial charge on any atom is 0.255 e. The van der Waals surface area contributed by atoms with E-state index in [9.17, 15) is 4.79 Å². The van der Waals surface area contributed by atoms with Gasteiger partial charge in [-0.1, -0.05) is 35.9 Å². The van der Waals surface area contributed by atoms with E-state index in [0.717, 1.165) is 16.7 Å². The van der Waals surface area contributed by atoms with Crippen molar-refractivity contribution in [1.82, 2.24) is 19.7 Å². The van der Waals surface area contributed by atoms with E-state index in [2.05, 4.69) is 15.6 Å². The number of carbonyl (C=O) groups excluding carboxylic acids is 1. The Morgan fingerprint density at radius 2 is 1.85 bits per heavy atom. The standard InChI is InChI=1S/C26H24N6O2/c1-16-7-6-8-19(15-16)24-30-26-28-17(2)22(23(32(26)31-24)18-11-13-27-14-12-18)25(33)29-20-9-4-5-10-21(20)34-3/h4-15,23H,1-3H3,(H,29,33)(H,28,30,31). The molecular weight excluding hydrogens is 428 g/mol. The van der Waals surface area contributed by atoms with Crippen LogP contribution in [0.5, 0.6) is 5.75 Å². The SMILES string of the molecule is COc1ccccc1NC(=O)C1=C(C)Nc2nc(-c3cccc(C)c3)nn2C1c1ccncc1. The molecule has 5 rings (SSSR count). The summed E-state index contributed by atoms with van der Waals surface area (Å²) in [7, 11) is 1.58. The lowest BCUT2D eigenvalue weighted by molar-refractivity contribution is -0.113. The number of carbonyl (C=O) groups is 1. The fourth-order valence-electron chi connectivity index (χ4n) is 4.14. The number of ether oxygens (including phenoxy) is 1. The van der Waals surface area contributed by atoms with Crippen molar-refractivity contribution in [2.75, 3.05) is 17.7 Å². The van der Waals surface area contributed by atoms with Crippen molar-refractivity contribution < 1.29 is 9.53 Å². The lowest BCUT2D eigenvalue weighted by Crippen LogP contribution is -2.31. The Hall–Kier alpha value is -4.46. The minimum absolute atomic E-state index is 0.255. The molecule has 0 spiro atoms.